The SMILES string of the molecule is CCNc1ccc(C)cc1C(=O)N1CCSCC1. The first-order valence-corrected chi connectivity index (χ1v) is 7.59. The van der Waals surface area contributed by atoms with Gasteiger partial charge < -0.3 is 10.2 Å². The van der Waals surface area contributed by atoms with E-state index in [1.807, 2.05) is 48.7 Å². The number of nitrogens with one attached hydrogen (secondary N) is 1. The molecule has 3 nitrogen and oxygen atoms in total. The van der Waals surface area contributed by atoms with Gasteiger partial charge in [-0.25, -0.2) is 0 Å². The molecule has 1 heterocycles. The predicted molar refractivity (Wildman–Crippen MR) is 78.6 cm³/mol. The van der Waals surface area contributed by atoms with Gasteiger partial charge in [0.2, 0.25) is 0 Å². The lowest BCUT2D eigenvalue weighted by atomic mass is 10.1. The largest absolute Gasteiger partial charge is 0.385 e. The van der Waals surface area contributed by atoms with E-state index in [1.165, 1.54) is 0 Å². The number of thioether (sulfide) groups is 1. The number of anilines is 1. The summed E-state index contributed by atoms with van der Waals surface area (Å²) >= 11 is 1.92. The lowest BCUT2D eigenvalue weighted by Crippen LogP contribution is -2.38. The molecular formula is C14H20N2OS. The van der Waals surface area contributed by atoms with Crippen LogP contribution in [-0.2, 0) is 0 Å². The second-order valence-corrected chi connectivity index (χ2v) is 5.71. The zero-order valence-corrected chi connectivity index (χ0v) is 11.8. The van der Waals surface area contributed by atoms with E-state index in [1.54, 1.807) is 0 Å². The van der Waals surface area contributed by atoms with Crippen LogP contribution in [0.2, 0.25) is 0 Å². The molecule has 0 atom stereocenters. The van der Waals surface area contributed by atoms with Crippen molar-refractivity contribution in [2.24, 2.45) is 0 Å². The van der Waals surface area contributed by atoms with Gasteiger partial charge in [-0.1, -0.05) is 11.6 Å². The summed E-state index contributed by atoms with van der Waals surface area (Å²) in [4.78, 5) is 14.5. The molecule has 2 rings (SSSR count). The highest BCUT2D eigenvalue weighted by Gasteiger charge is 2.20. The molecule has 1 saturated heterocycles. The molecule has 1 fully saturated rings. The van der Waals surface area contributed by atoms with Crippen molar-refractivity contribution in [2.75, 3.05) is 36.5 Å². The van der Waals surface area contributed by atoms with Crippen LogP contribution in [0.5, 0.6) is 0 Å². The van der Waals surface area contributed by atoms with Crippen LogP contribution in [0.1, 0.15) is 22.8 Å². The average molecular weight is 264 g/mol. The third kappa shape index (κ3) is 2.99. The number of aryl methyl sites for hydroxylation is 1. The van der Waals surface area contributed by atoms with Gasteiger partial charge in [-0.05, 0) is 26.0 Å². The molecule has 0 radical (unpaired) electrons. The molecule has 98 valence electrons. The smallest absolute Gasteiger partial charge is 0.256 e. The Morgan fingerprint density at radius 1 is 1.39 bits per heavy atom. The summed E-state index contributed by atoms with van der Waals surface area (Å²) in [6, 6.07) is 6.04. The Morgan fingerprint density at radius 3 is 2.78 bits per heavy atom. The fourth-order valence-electron chi connectivity index (χ4n) is 2.12. The number of carbonyl (C=O) groups excluding carboxylic acids is 1. The number of amides is 1. The molecular weight excluding hydrogens is 244 g/mol. The average Bonchev–Trinajstić information content (AvgIpc) is 2.41. The highest BCUT2D eigenvalue weighted by Crippen LogP contribution is 2.21. The molecule has 0 aromatic heterocycles. The Labute approximate surface area is 113 Å². The molecule has 0 unspecified atom stereocenters. The van der Waals surface area contributed by atoms with Crippen molar-refractivity contribution in [1.82, 2.24) is 4.90 Å². The fourth-order valence-corrected chi connectivity index (χ4v) is 3.02. The van der Waals surface area contributed by atoms with Crippen LogP contribution < -0.4 is 5.32 Å². The van der Waals surface area contributed by atoms with Crippen molar-refractivity contribution in [3.63, 3.8) is 0 Å². The van der Waals surface area contributed by atoms with Crippen molar-refractivity contribution in [3.05, 3.63) is 29.3 Å². The van der Waals surface area contributed by atoms with E-state index in [4.69, 9.17) is 0 Å². The Morgan fingerprint density at radius 2 is 2.11 bits per heavy atom. The van der Waals surface area contributed by atoms with Gasteiger partial charge in [-0.15, -0.1) is 0 Å². The van der Waals surface area contributed by atoms with Crippen molar-refractivity contribution < 1.29 is 4.79 Å². The molecule has 4 heteroatoms. The first-order valence-electron chi connectivity index (χ1n) is 6.44. The number of hydrogen-bond donors (Lipinski definition) is 1. The van der Waals surface area contributed by atoms with Crippen molar-refractivity contribution in [1.29, 1.82) is 0 Å². The summed E-state index contributed by atoms with van der Waals surface area (Å²) in [6.07, 6.45) is 0. The molecule has 0 saturated carbocycles. The van der Waals surface area contributed by atoms with Gasteiger partial charge >= 0.3 is 0 Å². The normalized spacial score (nSPS) is 15.6. The Hall–Kier alpha value is -1.16. The van der Waals surface area contributed by atoms with Crippen molar-refractivity contribution in [3.8, 4) is 0 Å². The van der Waals surface area contributed by atoms with Crippen LogP contribution in [0, 0.1) is 6.92 Å². The number of nitrogens with zero attached hydrogens (tertiary/aromatic N) is 1. The van der Waals surface area contributed by atoms with Gasteiger partial charge in [-0.3, -0.25) is 4.79 Å². The summed E-state index contributed by atoms with van der Waals surface area (Å²) < 4.78 is 0. The molecule has 0 spiro atoms. The van der Waals surface area contributed by atoms with Crippen LogP contribution >= 0.6 is 11.8 Å². The summed E-state index contributed by atoms with van der Waals surface area (Å²) in [5.74, 6) is 2.26. The Balaban J connectivity index is 2.24. The van der Waals surface area contributed by atoms with Gasteiger partial charge in [0.1, 0.15) is 0 Å². The highest BCUT2D eigenvalue weighted by molar-refractivity contribution is 7.99. The zero-order valence-electron chi connectivity index (χ0n) is 11.0. The van der Waals surface area contributed by atoms with Crippen LogP contribution in [-0.4, -0.2) is 41.9 Å². The molecule has 18 heavy (non-hydrogen) atoms. The van der Waals surface area contributed by atoms with Crippen LogP contribution in [0.25, 0.3) is 0 Å². The first kappa shape index (κ1) is 13.3. The molecule has 0 bridgehead atoms. The van der Waals surface area contributed by atoms with E-state index >= 15 is 0 Å². The van der Waals surface area contributed by atoms with E-state index < -0.39 is 0 Å². The van der Waals surface area contributed by atoms with Gasteiger partial charge in [0.25, 0.3) is 5.91 Å². The van der Waals surface area contributed by atoms with Gasteiger partial charge in [-0.2, -0.15) is 11.8 Å². The van der Waals surface area contributed by atoms with Crippen LogP contribution in [0.15, 0.2) is 18.2 Å². The maximum absolute atomic E-state index is 12.5. The lowest BCUT2D eigenvalue weighted by molar-refractivity contribution is 0.0773. The van der Waals surface area contributed by atoms with Crippen LogP contribution in [0.4, 0.5) is 5.69 Å². The highest BCUT2D eigenvalue weighted by atomic mass is 32.2. The Kier molecular flexibility index (Phi) is 4.53. The molecule has 1 aromatic rings. The molecule has 1 aliphatic heterocycles. The molecule has 1 N–H and O–H groups in total. The van der Waals surface area contributed by atoms with E-state index in [0.717, 1.165) is 48.0 Å². The summed E-state index contributed by atoms with van der Waals surface area (Å²) in [5.41, 5.74) is 2.89. The third-order valence-electron chi connectivity index (χ3n) is 3.07. The maximum Gasteiger partial charge on any atom is 0.256 e. The topological polar surface area (TPSA) is 32.3 Å². The van der Waals surface area contributed by atoms with Crippen LogP contribution in [0.3, 0.4) is 0 Å². The van der Waals surface area contributed by atoms with E-state index in [9.17, 15) is 4.79 Å². The minimum Gasteiger partial charge on any atom is -0.385 e. The molecule has 1 aliphatic rings. The number of hydrogen-bond acceptors (Lipinski definition) is 3. The van der Waals surface area contributed by atoms with E-state index in [-0.39, 0.29) is 5.91 Å². The minimum absolute atomic E-state index is 0.162. The predicted octanol–water partition coefficient (Wildman–Crippen LogP) is 2.62. The second-order valence-electron chi connectivity index (χ2n) is 4.48. The lowest BCUT2D eigenvalue weighted by Gasteiger charge is -2.27. The Bertz CT molecular complexity index is 428. The minimum atomic E-state index is 0.162. The van der Waals surface area contributed by atoms with Gasteiger partial charge in [0.15, 0.2) is 0 Å². The monoisotopic (exact) mass is 264 g/mol. The maximum atomic E-state index is 12.5. The van der Waals surface area contributed by atoms with Gasteiger partial charge in [0, 0.05) is 36.8 Å². The molecule has 1 amide bonds. The quantitative estimate of drug-likeness (QED) is 0.911. The van der Waals surface area contributed by atoms with Gasteiger partial charge in [0.05, 0.1) is 5.56 Å². The summed E-state index contributed by atoms with van der Waals surface area (Å²) in [6.45, 7) is 6.63. The summed E-state index contributed by atoms with van der Waals surface area (Å²) in [7, 11) is 0. The first-order chi connectivity index (χ1) is 8.72. The molecule has 1 aromatic carbocycles. The van der Waals surface area contributed by atoms with Crippen molar-refractivity contribution in [2.45, 2.75) is 13.8 Å². The van der Waals surface area contributed by atoms with E-state index in [2.05, 4.69) is 5.32 Å². The van der Waals surface area contributed by atoms with E-state index in [0.29, 0.717) is 0 Å². The third-order valence-corrected chi connectivity index (χ3v) is 4.01. The number of carbonyl (C=O) groups is 1. The standard InChI is InChI=1S/C14H20N2OS/c1-3-15-13-5-4-11(2)10-12(13)14(17)16-6-8-18-9-7-16/h4-5,10,15H,3,6-9H2,1-2H3. The second kappa shape index (κ2) is 6.14. The molecule has 0 aliphatic carbocycles. The van der Waals surface area contributed by atoms with Crippen molar-refractivity contribution >= 4 is 23.4 Å². The summed E-state index contributed by atoms with van der Waals surface area (Å²) in [5, 5.41) is 3.27. The zero-order chi connectivity index (χ0) is 13.0. The number of rotatable bonds is 3. The number of benzene rings is 1. The fraction of sp³-hybridized carbons (Fsp3) is 0.500.